The van der Waals surface area contributed by atoms with E-state index in [9.17, 15) is 4.79 Å². The fourth-order valence-electron chi connectivity index (χ4n) is 2.69. The van der Waals surface area contributed by atoms with Crippen molar-refractivity contribution in [1.29, 1.82) is 0 Å². The summed E-state index contributed by atoms with van der Waals surface area (Å²) in [6, 6.07) is 14.1. The van der Waals surface area contributed by atoms with Gasteiger partial charge in [0.15, 0.2) is 0 Å². The van der Waals surface area contributed by atoms with E-state index in [0.29, 0.717) is 12.2 Å². The lowest BCUT2D eigenvalue weighted by Crippen LogP contribution is -2.40. The van der Waals surface area contributed by atoms with Gasteiger partial charge in [-0.2, -0.15) is 0 Å². The maximum Gasteiger partial charge on any atom is 0.267 e. The molecule has 0 fully saturated rings. The van der Waals surface area contributed by atoms with Gasteiger partial charge in [-0.25, -0.2) is 0 Å². The molecule has 2 aromatic heterocycles. The van der Waals surface area contributed by atoms with Crippen LogP contribution in [0.1, 0.15) is 23.0 Å². The molecular formula is C21H24N4O. The number of pyridine rings is 1. The number of benzene rings is 1. The van der Waals surface area contributed by atoms with Gasteiger partial charge in [-0.15, -0.1) is 0 Å². The van der Waals surface area contributed by atoms with Gasteiger partial charge in [-0.3, -0.25) is 14.7 Å². The summed E-state index contributed by atoms with van der Waals surface area (Å²) >= 11 is 0. The second kappa shape index (κ2) is 8.45. The Balaban J connectivity index is 1.48. The Morgan fingerprint density at radius 3 is 2.88 bits per heavy atom. The molecule has 1 amide bonds. The summed E-state index contributed by atoms with van der Waals surface area (Å²) in [5.41, 5.74) is 2.67. The first-order chi connectivity index (χ1) is 12.6. The molecule has 26 heavy (non-hydrogen) atoms. The van der Waals surface area contributed by atoms with E-state index in [1.807, 2.05) is 30.3 Å². The van der Waals surface area contributed by atoms with Crippen LogP contribution in [0.4, 0.5) is 0 Å². The van der Waals surface area contributed by atoms with Crippen LogP contribution in [0.3, 0.4) is 0 Å². The van der Waals surface area contributed by atoms with E-state index in [1.165, 1.54) is 5.56 Å². The van der Waals surface area contributed by atoms with E-state index in [2.05, 4.69) is 58.4 Å². The molecule has 1 atom stereocenters. The van der Waals surface area contributed by atoms with E-state index in [4.69, 9.17) is 0 Å². The highest BCUT2D eigenvalue weighted by molar-refractivity contribution is 5.97. The highest BCUT2D eigenvalue weighted by Crippen LogP contribution is 2.13. The molecule has 1 unspecified atom stereocenters. The van der Waals surface area contributed by atoms with Crippen LogP contribution in [0, 0.1) is 0 Å². The number of fused-ring (bicyclic) bond motifs is 1. The minimum atomic E-state index is -0.0960. The van der Waals surface area contributed by atoms with Crippen molar-refractivity contribution in [2.24, 2.45) is 0 Å². The van der Waals surface area contributed by atoms with Gasteiger partial charge in [0.05, 0.1) is 0 Å². The lowest BCUT2D eigenvalue weighted by atomic mass is 10.2. The van der Waals surface area contributed by atoms with E-state index < -0.39 is 0 Å². The third-order valence-corrected chi connectivity index (χ3v) is 4.48. The summed E-state index contributed by atoms with van der Waals surface area (Å²) in [6.07, 6.45) is 7.71. The Labute approximate surface area is 153 Å². The van der Waals surface area contributed by atoms with Gasteiger partial charge in [-0.05, 0) is 31.7 Å². The minimum Gasteiger partial charge on any atom is -0.350 e. The first-order valence-electron chi connectivity index (χ1n) is 8.76. The third-order valence-electron chi connectivity index (χ3n) is 4.48. The predicted octanol–water partition coefficient (Wildman–Crippen LogP) is 3.33. The molecule has 0 aliphatic rings. The zero-order chi connectivity index (χ0) is 18.4. The number of likely N-dealkylation sites (N-methyl/N-ethyl adjacent to an activating group) is 1. The summed E-state index contributed by atoms with van der Waals surface area (Å²) in [5, 5.41) is 3.93. The van der Waals surface area contributed by atoms with Crippen molar-refractivity contribution in [3.63, 3.8) is 0 Å². The molecule has 1 aromatic carbocycles. The lowest BCUT2D eigenvalue weighted by Gasteiger charge is -2.23. The highest BCUT2D eigenvalue weighted by Gasteiger charge is 2.12. The first-order valence-corrected chi connectivity index (χ1v) is 8.76. The number of aromatic amines is 1. The van der Waals surface area contributed by atoms with Crippen molar-refractivity contribution >= 4 is 22.9 Å². The van der Waals surface area contributed by atoms with E-state index in [1.54, 1.807) is 12.4 Å². The fourth-order valence-corrected chi connectivity index (χ4v) is 2.69. The average molecular weight is 348 g/mol. The maximum atomic E-state index is 12.3. The normalized spacial score (nSPS) is 12.7. The van der Waals surface area contributed by atoms with Crippen LogP contribution in [-0.2, 0) is 0 Å². The van der Waals surface area contributed by atoms with Crippen LogP contribution in [0.25, 0.3) is 17.0 Å². The van der Waals surface area contributed by atoms with Crippen LogP contribution in [0.15, 0.2) is 60.9 Å². The molecule has 0 aliphatic carbocycles. The van der Waals surface area contributed by atoms with Crippen molar-refractivity contribution in [1.82, 2.24) is 20.2 Å². The topological polar surface area (TPSA) is 61.0 Å². The molecule has 5 heteroatoms. The Hall–Kier alpha value is -2.92. The molecule has 3 aromatic rings. The molecule has 0 bridgehead atoms. The zero-order valence-corrected chi connectivity index (χ0v) is 15.1. The van der Waals surface area contributed by atoms with Crippen LogP contribution < -0.4 is 5.32 Å². The molecule has 3 rings (SSSR count). The third kappa shape index (κ3) is 4.58. The maximum absolute atomic E-state index is 12.3. The monoisotopic (exact) mass is 348 g/mol. The van der Waals surface area contributed by atoms with Gasteiger partial charge < -0.3 is 10.3 Å². The number of hydrogen-bond donors (Lipinski definition) is 2. The van der Waals surface area contributed by atoms with Crippen molar-refractivity contribution in [2.45, 2.75) is 13.0 Å². The number of amides is 1. The molecule has 134 valence electrons. The molecule has 2 N–H and O–H groups in total. The van der Waals surface area contributed by atoms with Crippen molar-refractivity contribution in [2.75, 3.05) is 20.1 Å². The number of nitrogens with one attached hydrogen (secondary N) is 2. The number of carbonyl (C=O) groups is 1. The highest BCUT2D eigenvalue weighted by atomic mass is 16.1. The summed E-state index contributed by atoms with van der Waals surface area (Å²) in [7, 11) is 2.06. The summed E-state index contributed by atoms with van der Waals surface area (Å²) in [4.78, 5) is 21.7. The fraction of sp³-hybridized carbons (Fsp3) is 0.238. The van der Waals surface area contributed by atoms with Gasteiger partial charge in [0, 0.05) is 42.4 Å². The zero-order valence-electron chi connectivity index (χ0n) is 15.1. The van der Waals surface area contributed by atoms with Crippen LogP contribution in [-0.4, -0.2) is 47.0 Å². The summed E-state index contributed by atoms with van der Waals surface area (Å²) < 4.78 is 0. The Morgan fingerprint density at radius 2 is 2.12 bits per heavy atom. The molecule has 0 saturated heterocycles. The number of hydrogen-bond acceptors (Lipinski definition) is 3. The van der Waals surface area contributed by atoms with E-state index in [-0.39, 0.29) is 11.9 Å². The molecule has 0 spiro atoms. The van der Waals surface area contributed by atoms with Gasteiger partial charge in [0.25, 0.3) is 5.91 Å². The van der Waals surface area contributed by atoms with Crippen LogP contribution in [0.2, 0.25) is 0 Å². The molecule has 2 heterocycles. The number of nitrogens with zero attached hydrogens (tertiary/aromatic N) is 2. The van der Waals surface area contributed by atoms with Gasteiger partial charge in [-0.1, -0.05) is 42.5 Å². The van der Waals surface area contributed by atoms with Crippen molar-refractivity contribution in [3.8, 4) is 0 Å². The largest absolute Gasteiger partial charge is 0.350 e. The van der Waals surface area contributed by atoms with Crippen LogP contribution >= 0.6 is 0 Å². The Kier molecular flexibility index (Phi) is 5.81. The van der Waals surface area contributed by atoms with Crippen molar-refractivity contribution < 1.29 is 4.79 Å². The Bertz CT molecular complexity index is 852. The van der Waals surface area contributed by atoms with Gasteiger partial charge in [0.1, 0.15) is 5.69 Å². The number of carbonyl (C=O) groups excluding carboxylic acids is 1. The van der Waals surface area contributed by atoms with Gasteiger partial charge >= 0.3 is 0 Å². The molecule has 5 nitrogen and oxygen atoms in total. The predicted molar refractivity (Wildman–Crippen MR) is 106 cm³/mol. The van der Waals surface area contributed by atoms with Crippen LogP contribution in [0.5, 0.6) is 0 Å². The number of aromatic nitrogens is 2. The molecule has 0 aliphatic heterocycles. The summed E-state index contributed by atoms with van der Waals surface area (Å²) in [6.45, 7) is 3.51. The molecule has 0 radical (unpaired) electrons. The molecule has 0 saturated carbocycles. The second-order valence-corrected chi connectivity index (χ2v) is 6.46. The minimum absolute atomic E-state index is 0.0960. The first kappa shape index (κ1) is 17.9. The van der Waals surface area contributed by atoms with Gasteiger partial charge in [0.2, 0.25) is 0 Å². The Morgan fingerprint density at radius 1 is 1.31 bits per heavy atom. The molecular weight excluding hydrogens is 324 g/mol. The van der Waals surface area contributed by atoms with E-state index >= 15 is 0 Å². The standard InChI is InChI=1S/C21H24N4O/c1-16(25(2)12-6-9-17-7-4-3-5-8-17)14-23-21(26)20-13-18-15-22-11-10-19(18)24-20/h3-11,13,15-16,24H,12,14H2,1-2H3,(H,23,26)/b9-6+. The van der Waals surface area contributed by atoms with Crippen molar-refractivity contribution in [3.05, 3.63) is 72.2 Å². The average Bonchev–Trinajstić information content (AvgIpc) is 3.11. The SMILES string of the molecule is CC(CNC(=O)c1cc2cnccc2[nH]1)N(C)C/C=C/c1ccccc1. The van der Waals surface area contributed by atoms with E-state index in [0.717, 1.165) is 17.4 Å². The summed E-state index contributed by atoms with van der Waals surface area (Å²) in [5.74, 6) is -0.0960. The quantitative estimate of drug-likeness (QED) is 0.688. The lowest BCUT2D eigenvalue weighted by molar-refractivity contribution is 0.0938. The smallest absolute Gasteiger partial charge is 0.267 e. The number of H-pyrrole nitrogens is 1. The number of rotatable bonds is 7. The second-order valence-electron chi connectivity index (χ2n) is 6.46.